The van der Waals surface area contributed by atoms with Gasteiger partial charge in [0.15, 0.2) is 11.5 Å². The minimum Gasteiger partial charge on any atom is -0.454 e. The van der Waals surface area contributed by atoms with Crippen molar-refractivity contribution in [3.8, 4) is 11.5 Å². The number of aromatic nitrogens is 1. The van der Waals surface area contributed by atoms with E-state index in [4.69, 9.17) is 9.47 Å². The lowest BCUT2D eigenvalue weighted by Gasteiger charge is -2.22. The van der Waals surface area contributed by atoms with Crippen LogP contribution in [0, 0.1) is 11.7 Å². The predicted molar refractivity (Wildman–Crippen MR) is 98.2 cm³/mol. The molecule has 2 aromatic carbocycles. The second kappa shape index (κ2) is 6.30. The van der Waals surface area contributed by atoms with Crippen molar-refractivity contribution in [1.29, 1.82) is 0 Å². The number of fused-ring (bicyclic) bond motifs is 4. The van der Waals surface area contributed by atoms with Crippen molar-refractivity contribution in [3.63, 3.8) is 0 Å². The molecule has 1 aliphatic carbocycles. The highest BCUT2D eigenvalue weighted by atomic mass is 19.1. The van der Waals surface area contributed by atoms with Crippen LogP contribution in [0.5, 0.6) is 11.5 Å². The number of H-pyrrole nitrogens is 1. The minimum atomic E-state index is -0.251. The van der Waals surface area contributed by atoms with Gasteiger partial charge in [0.25, 0.3) is 0 Å². The lowest BCUT2D eigenvalue weighted by Crippen LogP contribution is -2.33. The Labute approximate surface area is 155 Å². The Kier molecular flexibility index (Phi) is 3.77. The van der Waals surface area contributed by atoms with Gasteiger partial charge in [-0.1, -0.05) is 6.07 Å². The molecule has 0 spiro atoms. The molecular formula is C21H19FN2O3. The molecule has 6 heteroatoms. The Hall–Kier alpha value is -3.02. The van der Waals surface area contributed by atoms with Crippen LogP contribution in [0.3, 0.4) is 0 Å². The van der Waals surface area contributed by atoms with E-state index in [1.807, 2.05) is 18.2 Å². The van der Waals surface area contributed by atoms with Crippen LogP contribution < -0.4 is 14.8 Å². The lowest BCUT2D eigenvalue weighted by atomic mass is 9.86. The lowest BCUT2D eigenvalue weighted by molar-refractivity contribution is -0.125. The number of amides is 1. The maximum absolute atomic E-state index is 13.6. The number of benzene rings is 2. The van der Waals surface area contributed by atoms with E-state index in [1.54, 1.807) is 12.1 Å². The topological polar surface area (TPSA) is 63.4 Å². The summed E-state index contributed by atoms with van der Waals surface area (Å²) in [5.74, 6) is 1.12. The van der Waals surface area contributed by atoms with Crippen LogP contribution in [0.15, 0.2) is 36.4 Å². The average molecular weight is 366 g/mol. The summed E-state index contributed by atoms with van der Waals surface area (Å²) < 4.78 is 24.3. The predicted octanol–water partition coefficient (Wildman–Crippen LogP) is 3.46. The average Bonchev–Trinajstić information content (AvgIpc) is 3.29. The molecule has 1 amide bonds. The number of halogens is 1. The molecule has 2 heterocycles. The first kappa shape index (κ1) is 16.2. The summed E-state index contributed by atoms with van der Waals surface area (Å²) in [7, 11) is 0. The number of aromatic amines is 1. The standard InChI is InChI=1S/C21H19FN2O3/c22-14-3-5-18-16(9-14)15-8-13(2-4-17(15)24-18)21(25)23-10-12-1-6-19-20(7-12)27-11-26-19/h1,3,5-7,9,13,24H,2,4,8,10-11H2,(H,23,25). The third-order valence-electron chi connectivity index (χ3n) is 5.42. The highest BCUT2D eigenvalue weighted by Gasteiger charge is 2.27. The highest BCUT2D eigenvalue weighted by Crippen LogP contribution is 2.33. The van der Waals surface area contributed by atoms with Crippen molar-refractivity contribution >= 4 is 16.8 Å². The van der Waals surface area contributed by atoms with E-state index in [-0.39, 0.29) is 24.4 Å². The van der Waals surface area contributed by atoms with E-state index in [0.29, 0.717) is 18.7 Å². The first-order chi connectivity index (χ1) is 13.2. The molecule has 0 radical (unpaired) electrons. The van der Waals surface area contributed by atoms with Gasteiger partial charge in [0, 0.05) is 29.1 Å². The van der Waals surface area contributed by atoms with Crippen molar-refractivity contribution in [1.82, 2.24) is 10.3 Å². The molecule has 0 saturated carbocycles. The van der Waals surface area contributed by atoms with Gasteiger partial charge in [0.05, 0.1) is 0 Å². The van der Waals surface area contributed by atoms with Crippen LogP contribution in [0.25, 0.3) is 10.9 Å². The largest absolute Gasteiger partial charge is 0.454 e. The van der Waals surface area contributed by atoms with Crippen LogP contribution in [-0.4, -0.2) is 17.7 Å². The molecule has 2 N–H and O–H groups in total. The number of rotatable bonds is 3. The zero-order valence-electron chi connectivity index (χ0n) is 14.7. The van der Waals surface area contributed by atoms with Crippen molar-refractivity contribution in [2.45, 2.75) is 25.8 Å². The summed E-state index contributed by atoms with van der Waals surface area (Å²) in [5.41, 5.74) is 4.09. The summed E-state index contributed by atoms with van der Waals surface area (Å²) in [4.78, 5) is 16.0. The second-order valence-electron chi connectivity index (χ2n) is 7.12. The molecule has 2 aliphatic rings. The SMILES string of the molecule is O=C(NCc1ccc2c(c1)OCO2)C1CCc2[nH]c3ccc(F)cc3c2C1. The summed E-state index contributed by atoms with van der Waals surface area (Å²) >= 11 is 0. The van der Waals surface area contributed by atoms with E-state index in [9.17, 15) is 9.18 Å². The zero-order chi connectivity index (χ0) is 18.4. The third-order valence-corrected chi connectivity index (χ3v) is 5.42. The molecule has 5 nitrogen and oxygen atoms in total. The van der Waals surface area contributed by atoms with Gasteiger partial charge >= 0.3 is 0 Å². The maximum Gasteiger partial charge on any atom is 0.231 e. The third kappa shape index (κ3) is 2.91. The molecule has 138 valence electrons. The smallest absolute Gasteiger partial charge is 0.231 e. The molecule has 3 aromatic rings. The van der Waals surface area contributed by atoms with Gasteiger partial charge in [0.1, 0.15) is 5.82 Å². The number of carbonyl (C=O) groups is 1. The fourth-order valence-corrected chi connectivity index (χ4v) is 4.00. The molecule has 27 heavy (non-hydrogen) atoms. The second-order valence-corrected chi connectivity index (χ2v) is 7.12. The first-order valence-corrected chi connectivity index (χ1v) is 9.12. The van der Waals surface area contributed by atoms with E-state index in [0.717, 1.165) is 46.3 Å². The summed E-state index contributed by atoms with van der Waals surface area (Å²) in [6.07, 6.45) is 2.22. The highest BCUT2D eigenvalue weighted by molar-refractivity contribution is 5.87. The van der Waals surface area contributed by atoms with Gasteiger partial charge in [0.2, 0.25) is 12.7 Å². The van der Waals surface area contributed by atoms with E-state index < -0.39 is 0 Å². The zero-order valence-corrected chi connectivity index (χ0v) is 14.7. The first-order valence-electron chi connectivity index (χ1n) is 9.12. The molecule has 1 aromatic heterocycles. The number of hydrogen-bond acceptors (Lipinski definition) is 3. The number of carbonyl (C=O) groups excluding carboxylic acids is 1. The van der Waals surface area contributed by atoms with Gasteiger partial charge in [-0.2, -0.15) is 0 Å². The summed E-state index contributed by atoms with van der Waals surface area (Å²) in [6.45, 7) is 0.683. The van der Waals surface area contributed by atoms with Gasteiger partial charge in [-0.3, -0.25) is 4.79 Å². The Morgan fingerprint density at radius 2 is 2.07 bits per heavy atom. The van der Waals surface area contributed by atoms with E-state index in [2.05, 4.69) is 10.3 Å². The monoisotopic (exact) mass is 366 g/mol. The van der Waals surface area contributed by atoms with Crippen LogP contribution in [-0.2, 0) is 24.2 Å². The molecular weight excluding hydrogens is 347 g/mol. The molecule has 1 unspecified atom stereocenters. The normalized spacial score (nSPS) is 17.7. The summed E-state index contributed by atoms with van der Waals surface area (Å²) in [5, 5.41) is 3.91. The Morgan fingerprint density at radius 3 is 3.00 bits per heavy atom. The van der Waals surface area contributed by atoms with E-state index in [1.165, 1.54) is 6.07 Å². The molecule has 1 atom stereocenters. The van der Waals surface area contributed by atoms with Gasteiger partial charge in [-0.15, -0.1) is 0 Å². The fourth-order valence-electron chi connectivity index (χ4n) is 4.00. The fraction of sp³-hybridized carbons (Fsp3) is 0.286. The van der Waals surface area contributed by atoms with Gasteiger partial charge in [-0.05, 0) is 60.7 Å². The Bertz CT molecular complexity index is 1040. The quantitative estimate of drug-likeness (QED) is 0.746. The Morgan fingerprint density at radius 1 is 1.19 bits per heavy atom. The minimum absolute atomic E-state index is 0.0315. The van der Waals surface area contributed by atoms with E-state index >= 15 is 0 Å². The van der Waals surface area contributed by atoms with Crippen molar-refractivity contribution < 1.29 is 18.7 Å². The number of nitrogens with one attached hydrogen (secondary N) is 2. The summed E-state index contributed by atoms with van der Waals surface area (Å²) in [6, 6.07) is 10.4. The molecule has 0 bridgehead atoms. The number of aryl methyl sites for hydroxylation is 1. The molecule has 0 saturated heterocycles. The van der Waals surface area contributed by atoms with Crippen LogP contribution in [0.1, 0.15) is 23.2 Å². The molecule has 5 rings (SSSR count). The van der Waals surface area contributed by atoms with Crippen LogP contribution in [0.2, 0.25) is 0 Å². The molecule has 0 fully saturated rings. The van der Waals surface area contributed by atoms with Crippen molar-refractivity contribution in [3.05, 3.63) is 59.0 Å². The van der Waals surface area contributed by atoms with Crippen LogP contribution in [0.4, 0.5) is 4.39 Å². The van der Waals surface area contributed by atoms with Crippen molar-refractivity contribution in [2.24, 2.45) is 5.92 Å². The Balaban J connectivity index is 1.29. The number of ether oxygens (including phenoxy) is 2. The maximum atomic E-state index is 13.6. The number of hydrogen-bond donors (Lipinski definition) is 2. The van der Waals surface area contributed by atoms with Crippen LogP contribution >= 0.6 is 0 Å². The molecule has 1 aliphatic heterocycles. The van der Waals surface area contributed by atoms with Gasteiger partial charge in [-0.25, -0.2) is 4.39 Å². The van der Waals surface area contributed by atoms with Gasteiger partial charge < -0.3 is 19.8 Å². The van der Waals surface area contributed by atoms with Crippen molar-refractivity contribution in [2.75, 3.05) is 6.79 Å².